The maximum atomic E-state index is 11.1. The Morgan fingerprint density at radius 3 is 2.85 bits per heavy atom. The van der Waals surface area contributed by atoms with Gasteiger partial charge in [-0.2, -0.15) is 0 Å². The van der Waals surface area contributed by atoms with Crippen molar-refractivity contribution < 1.29 is 9.66 Å². The molecule has 0 radical (unpaired) electrons. The van der Waals surface area contributed by atoms with Crippen LogP contribution in [0, 0.1) is 22.4 Å². The number of nitro groups is 1. The molecular weight excluding hydrogens is 260 g/mol. The van der Waals surface area contributed by atoms with Gasteiger partial charge in [0.1, 0.15) is 5.84 Å². The highest BCUT2D eigenvalue weighted by atomic mass is 16.6. The van der Waals surface area contributed by atoms with Crippen LogP contribution in [0.1, 0.15) is 11.1 Å². The summed E-state index contributed by atoms with van der Waals surface area (Å²) in [5, 5.41) is 18.4. The van der Waals surface area contributed by atoms with Gasteiger partial charge in [0.2, 0.25) is 11.6 Å². The van der Waals surface area contributed by atoms with Crippen molar-refractivity contribution >= 4 is 11.5 Å². The summed E-state index contributed by atoms with van der Waals surface area (Å²) in [6.45, 7) is 1.63. The zero-order valence-corrected chi connectivity index (χ0v) is 10.7. The number of nitrogens with zero attached hydrogens (tertiary/aromatic N) is 2. The number of nitrogens with two attached hydrogens (primary N) is 1. The highest BCUT2D eigenvalue weighted by molar-refractivity contribution is 5.95. The molecule has 0 aliphatic rings. The number of rotatable bonds is 4. The first kappa shape index (κ1) is 13.5. The van der Waals surface area contributed by atoms with Crippen LogP contribution in [0.15, 0.2) is 36.5 Å². The monoisotopic (exact) mass is 272 g/mol. The van der Waals surface area contributed by atoms with Crippen molar-refractivity contribution in [2.24, 2.45) is 5.73 Å². The van der Waals surface area contributed by atoms with Gasteiger partial charge in [-0.15, -0.1) is 0 Å². The van der Waals surface area contributed by atoms with E-state index in [9.17, 15) is 10.1 Å². The molecule has 0 spiro atoms. The molecule has 0 aliphatic carbocycles. The Bertz CT molecular complexity index is 685. The lowest BCUT2D eigenvalue weighted by Crippen LogP contribution is -2.11. The number of hydrogen-bond acceptors (Lipinski definition) is 5. The number of aromatic nitrogens is 1. The Balaban J connectivity index is 2.40. The van der Waals surface area contributed by atoms with Gasteiger partial charge in [0.15, 0.2) is 0 Å². The maximum Gasteiger partial charge on any atom is 0.314 e. The van der Waals surface area contributed by atoms with E-state index in [0.717, 1.165) is 0 Å². The fraction of sp³-hybridized carbons (Fsp3) is 0.0769. The van der Waals surface area contributed by atoms with Crippen LogP contribution in [0.4, 0.5) is 5.69 Å². The second-order valence-corrected chi connectivity index (χ2v) is 4.08. The smallest absolute Gasteiger partial charge is 0.314 e. The molecule has 0 amide bonds. The van der Waals surface area contributed by atoms with Crippen molar-refractivity contribution in [1.82, 2.24) is 4.98 Å². The van der Waals surface area contributed by atoms with Crippen LogP contribution in [0.25, 0.3) is 0 Å². The summed E-state index contributed by atoms with van der Waals surface area (Å²) in [6.07, 6.45) is 1.42. The molecule has 0 atom stereocenters. The number of para-hydroxylation sites is 1. The van der Waals surface area contributed by atoms with E-state index in [1.54, 1.807) is 25.1 Å². The molecule has 20 heavy (non-hydrogen) atoms. The standard InChI is InChI=1S/C13H12N4O3/c1-8-3-2-4-10(12(8)17(18)19)20-11-7-9(13(14)15)5-6-16-11/h2-7H,1H3,(H3,14,15). The summed E-state index contributed by atoms with van der Waals surface area (Å²) in [7, 11) is 0. The first-order valence-electron chi connectivity index (χ1n) is 5.71. The van der Waals surface area contributed by atoms with Crippen molar-refractivity contribution in [3.05, 3.63) is 57.8 Å². The van der Waals surface area contributed by atoms with E-state index in [1.165, 1.54) is 18.3 Å². The Kier molecular flexibility index (Phi) is 3.60. The molecular formula is C13H12N4O3. The Morgan fingerprint density at radius 1 is 1.45 bits per heavy atom. The highest BCUT2D eigenvalue weighted by Crippen LogP contribution is 2.33. The lowest BCUT2D eigenvalue weighted by atomic mass is 10.2. The SMILES string of the molecule is Cc1cccc(Oc2cc(C(=N)N)ccn2)c1[N+](=O)[O-]. The van der Waals surface area contributed by atoms with Gasteiger partial charge in [0, 0.05) is 23.4 Å². The molecule has 2 aromatic rings. The third-order valence-corrected chi connectivity index (χ3v) is 2.64. The Labute approximate surface area is 114 Å². The van der Waals surface area contributed by atoms with E-state index in [-0.39, 0.29) is 23.2 Å². The van der Waals surface area contributed by atoms with Crippen molar-refractivity contribution in [2.45, 2.75) is 6.92 Å². The third kappa shape index (κ3) is 2.72. The number of ether oxygens (including phenoxy) is 1. The molecule has 1 aromatic heterocycles. The van der Waals surface area contributed by atoms with Crippen molar-refractivity contribution in [3.63, 3.8) is 0 Å². The molecule has 0 aliphatic heterocycles. The molecule has 0 saturated heterocycles. The average molecular weight is 272 g/mol. The lowest BCUT2D eigenvalue weighted by molar-refractivity contribution is -0.386. The molecule has 3 N–H and O–H groups in total. The van der Waals surface area contributed by atoms with Crippen LogP contribution in [0.2, 0.25) is 0 Å². The van der Waals surface area contributed by atoms with Gasteiger partial charge in [-0.3, -0.25) is 15.5 Å². The minimum Gasteiger partial charge on any atom is -0.432 e. The quantitative estimate of drug-likeness (QED) is 0.383. The first-order valence-corrected chi connectivity index (χ1v) is 5.71. The van der Waals surface area contributed by atoms with Crippen LogP contribution < -0.4 is 10.5 Å². The van der Waals surface area contributed by atoms with Crippen molar-refractivity contribution in [3.8, 4) is 11.6 Å². The fourth-order valence-electron chi connectivity index (χ4n) is 1.69. The molecule has 0 bridgehead atoms. The predicted octanol–water partition coefficient (Wildman–Crippen LogP) is 2.37. The second-order valence-electron chi connectivity index (χ2n) is 4.08. The zero-order chi connectivity index (χ0) is 14.7. The summed E-state index contributed by atoms with van der Waals surface area (Å²) in [5.41, 5.74) is 6.19. The number of hydrogen-bond donors (Lipinski definition) is 2. The van der Waals surface area contributed by atoms with E-state index < -0.39 is 4.92 Å². The minimum atomic E-state index is -0.501. The number of benzene rings is 1. The van der Waals surface area contributed by atoms with Gasteiger partial charge in [-0.1, -0.05) is 12.1 Å². The van der Waals surface area contributed by atoms with Gasteiger partial charge in [0.25, 0.3) is 0 Å². The van der Waals surface area contributed by atoms with Gasteiger partial charge in [-0.25, -0.2) is 4.98 Å². The van der Waals surface area contributed by atoms with Crippen molar-refractivity contribution in [1.29, 1.82) is 5.41 Å². The van der Waals surface area contributed by atoms with Gasteiger partial charge in [0.05, 0.1) is 4.92 Å². The van der Waals surface area contributed by atoms with E-state index in [1.807, 2.05) is 0 Å². The zero-order valence-electron chi connectivity index (χ0n) is 10.7. The molecule has 7 nitrogen and oxygen atoms in total. The molecule has 0 saturated carbocycles. The number of pyridine rings is 1. The highest BCUT2D eigenvalue weighted by Gasteiger charge is 2.19. The van der Waals surface area contributed by atoms with Gasteiger partial charge in [-0.05, 0) is 19.1 Å². The third-order valence-electron chi connectivity index (χ3n) is 2.64. The maximum absolute atomic E-state index is 11.1. The molecule has 2 rings (SSSR count). The van der Waals surface area contributed by atoms with Crippen LogP contribution in [0.5, 0.6) is 11.6 Å². The Morgan fingerprint density at radius 2 is 2.20 bits per heavy atom. The van der Waals surface area contributed by atoms with Gasteiger partial charge >= 0.3 is 5.69 Å². The first-order chi connectivity index (χ1) is 9.49. The van der Waals surface area contributed by atoms with Crippen LogP contribution in [-0.4, -0.2) is 15.7 Å². The second kappa shape index (κ2) is 5.35. The van der Waals surface area contributed by atoms with Crippen LogP contribution >= 0.6 is 0 Å². The molecule has 0 fully saturated rings. The summed E-state index contributed by atoms with van der Waals surface area (Å²) >= 11 is 0. The summed E-state index contributed by atoms with van der Waals surface area (Å²) in [4.78, 5) is 14.5. The summed E-state index contributed by atoms with van der Waals surface area (Å²) in [6, 6.07) is 7.79. The van der Waals surface area contributed by atoms with E-state index in [4.69, 9.17) is 15.9 Å². The van der Waals surface area contributed by atoms with E-state index in [0.29, 0.717) is 11.1 Å². The van der Waals surface area contributed by atoms with Crippen LogP contribution in [0.3, 0.4) is 0 Å². The minimum absolute atomic E-state index is 0.100. The normalized spacial score (nSPS) is 10.1. The summed E-state index contributed by atoms with van der Waals surface area (Å²) in [5.74, 6) is 0.116. The molecule has 102 valence electrons. The van der Waals surface area contributed by atoms with Gasteiger partial charge < -0.3 is 10.5 Å². The Hall–Kier alpha value is -2.96. The topological polar surface area (TPSA) is 115 Å². The number of nitro benzene ring substituents is 1. The van der Waals surface area contributed by atoms with Crippen molar-refractivity contribution in [2.75, 3.05) is 0 Å². The molecule has 0 unspecified atom stereocenters. The molecule has 1 heterocycles. The fourth-order valence-corrected chi connectivity index (χ4v) is 1.69. The lowest BCUT2D eigenvalue weighted by Gasteiger charge is -2.07. The number of nitrogens with one attached hydrogen (secondary N) is 1. The summed E-state index contributed by atoms with van der Waals surface area (Å²) < 4.78 is 5.44. The predicted molar refractivity (Wildman–Crippen MR) is 73.2 cm³/mol. The number of nitrogen functional groups attached to an aromatic ring is 1. The van der Waals surface area contributed by atoms with Crippen LogP contribution in [-0.2, 0) is 0 Å². The molecule has 1 aromatic carbocycles. The van der Waals surface area contributed by atoms with E-state index >= 15 is 0 Å². The number of amidine groups is 1. The largest absolute Gasteiger partial charge is 0.432 e. The molecule has 7 heteroatoms. The number of aryl methyl sites for hydroxylation is 1. The average Bonchev–Trinajstić information content (AvgIpc) is 2.38. The van der Waals surface area contributed by atoms with E-state index in [2.05, 4.69) is 4.98 Å².